The molecule has 0 amide bonds. The first-order valence-electron chi connectivity index (χ1n) is 26.8. The van der Waals surface area contributed by atoms with E-state index in [9.17, 15) is 0 Å². The lowest BCUT2D eigenvalue weighted by atomic mass is 9.53. The van der Waals surface area contributed by atoms with Gasteiger partial charge in [0.15, 0.2) is 0 Å². The Labute approximate surface area is 384 Å². The van der Waals surface area contributed by atoms with Gasteiger partial charge in [0.2, 0.25) is 0 Å². The highest BCUT2D eigenvalue weighted by Gasteiger charge is 2.68. The van der Waals surface area contributed by atoms with Gasteiger partial charge in [-0.25, -0.2) is 0 Å². The van der Waals surface area contributed by atoms with Gasteiger partial charge >= 0.3 is 0 Å². The Morgan fingerprint density at radius 2 is 1.39 bits per heavy atom. The van der Waals surface area contributed by atoms with E-state index in [2.05, 4.69) is 139 Å². The third-order valence-electron chi connectivity index (χ3n) is 20.9. The molecule has 1 aliphatic heterocycles. The van der Waals surface area contributed by atoms with Crippen LogP contribution in [-0.4, -0.2) is 23.1 Å². The average Bonchev–Trinajstić information content (AvgIpc) is 4.08. The Kier molecular flexibility index (Phi) is 9.42. The predicted molar refractivity (Wildman–Crippen MR) is 261 cm³/mol. The molecule has 16 atom stereocenters. The maximum absolute atomic E-state index is 7.08. The smallest absolute Gasteiger partial charge is 0.0852 e. The summed E-state index contributed by atoms with van der Waals surface area (Å²) in [6, 6.07) is 0.506. The van der Waals surface area contributed by atoms with Crippen LogP contribution >= 0.6 is 0 Å². The van der Waals surface area contributed by atoms with Gasteiger partial charge in [-0.15, -0.1) is 0 Å². The van der Waals surface area contributed by atoms with Crippen molar-refractivity contribution < 1.29 is 4.74 Å². The van der Waals surface area contributed by atoms with Crippen molar-refractivity contribution in [3.05, 3.63) is 167 Å². The highest BCUT2D eigenvalue weighted by Crippen LogP contribution is 2.75. The summed E-state index contributed by atoms with van der Waals surface area (Å²) in [6.45, 7) is 0. The zero-order valence-electron chi connectivity index (χ0n) is 38.2. The van der Waals surface area contributed by atoms with E-state index < -0.39 is 0 Å². The number of rotatable bonds is 5. The molecule has 1 saturated heterocycles. The first-order chi connectivity index (χ1) is 31.8. The molecule has 0 N–H and O–H groups in total. The van der Waals surface area contributed by atoms with Crippen molar-refractivity contribution >= 4 is 0 Å². The first kappa shape index (κ1) is 39.3. The lowest BCUT2D eigenvalue weighted by Gasteiger charge is -2.53. The minimum absolute atomic E-state index is 0.0609. The molecule has 0 radical (unpaired) electrons. The van der Waals surface area contributed by atoms with Crippen LogP contribution in [0.2, 0.25) is 0 Å². The normalized spacial score (nSPS) is 47.2. The second-order valence-electron chi connectivity index (χ2n) is 22.9. The molecule has 13 aliphatic carbocycles. The van der Waals surface area contributed by atoms with Gasteiger partial charge in [0.05, 0.1) is 12.2 Å². The monoisotopic (exact) mass is 846 g/mol. The molecular formula is C62H71NO. The fraction of sp³-hybridized carbons (Fsp3) is 0.548. The molecule has 64 heavy (non-hydrogen) atoms. The highest BCUT2D eigenvalue weighted by molar-refractivity contribution is 5.51. The molecule has 1 heterocycles. The van der Waals surface area contributed by atoms with Crippen molar-refractivity contribution in [1.82, 2.24) is 4.90 Å². The van der Waals surface area contributed by atoms with E-state index >= 15 is 0 Å². The molecule has 0 bridgehead atoms. The molecule has 3 fully saturated rings. The van der Waals surface area contributed by atoms with E-state index in [0.29, 0.717) is 65.4 Å². The first-order valence-corrected chi connectivity index (χ1v) is 26.8. The number of fused-ring (bicyclic) bond motifs is 14. The van der Waals surface area contributed by atoms with E-state index in [4.69, 9.17) is 4.74 Å². The van der Waals surface area contributed by atoms with Crippen LogP contribution in [0.4, 0.5) is 0 Å². The molecule has 0 aromatic heterocycles. The molecule has 1 spiro atoms. The van der Waals surface area contributed by atoms with E-state index in [-0.39, 0.29) is 16.9 Å². The minimum Gasteiger partial charge on any atom is -0.370 e. The predicted octanol–water partition coefficient (Wildman–Crippen LogP) is 14.5. The van der Waals surface area contributed by atoms with Crippen LogP contribution in [0.3, 0.4) is 0 Å². The molecule has 2 saturated carbocycles. The van der Waals surface area contributed by atoms with Gasteiger partial charge in [-0.3, -0.25) is 0 Å². The topological polar surface area (TPSA) is 12.5 Å². The molecule has 14 aliphatic rings. The quantitative estimate of drug-likeness (QED) is 0.256. The van der Waals surface area contributed by atoms with Crippen LogP contribution in [0.25, 0.3) is 0 Å². The van der Waals surface area contributed by atoms with E-state index in [1.807, 2.05) is 16.7 Å². The molecule has 0 aromatic rings. The standard InChI is InChI=1S/C62H71NO/c1-3-18-40(19-4-1)61(41-20-5-2-6-21-41)51-27-12-7-24-46(51)48-36-34-42(38-55(48)61)63(57-31-17-33-59-60(57)50-26-11-16-32-58(50)64-59)43-35-37-49-47-25-10-15-30-54(47)62(56(49)39-43)52-28-13-8-22-44(52)45-23-9-14-29-53(45)62/h1-6,10-13,15,17-18,20,25-28,30-31,33,38,40-41,43-44,47-50,52,54-56,58-60H,7-9,14,16,19,21-24,29,32,34-37,39H2. The second kappa shape index (κ2) is 15.3. The average molecular weight is 846 g/mol. The maximum atomic E-state index is 7.08. The Balaban J connectivity index is 0.931. The SMILES string of the molecule is C1=CCC(C2(C3C=CC=CC3)C3=C(CCC=C3)C3CCC(N(C4=CC=CC5OC6CCC=CC6C45)C4CCC5C6C=CC=CC6C6(C7=C(CCCC7)C7CCC=CC76)C5C4)=CC32)C=C1. The van der Waals surface area contributed by atoms with Crippen molar-refractivity contribution in [2.45, 2.75) is 127 Å². The molecule has 16 unspecified atom stereocenters. The van der Waals surface area contributed by atoms with Gasteiger partial charge < -0.3 is 9.64 Å². The molecule has 2 heteroatoms. The van der Waals surface area contributed by atoms with Gasteiger partial charge in [0.25, 0.3) is 0 Å². The zero-order valence-corrected chi connectivity index (χ0v) is 38.2. The summed E-state index contributed by atoms with van der Waals surface area (Å²) in [6.07, 6.45) is 78.4. The largest absolute Gasteiger partial charge is 0.370 e. The second-order valence-corrected chi connectivity index (χ2v) is 22.9. The van der Waals surface area contributed by atoms with Crippen molar-refractivity contribution in [3.8, 4) is 0 Å². The number of hydrogen-bond donors (Lipinski definition) is 0. The van der Waals surface area contributed by atoms with Crippen LogP contribution in [-0.2, 0) is 4.74 Å². The summed E-state index contributed by atoms with van der Waals surface area (Å²) >= 11 is 0. The lowest BCUT2D eigenvalue weighted by Crippen LogP contribution is -2.49. The van der Waals surface area contributed by atoms with E-state index in [0.717, 1.165) is 43.4 Å². The fourth-order valence-corrected chi connectivity index (χ4v) is 19.1. The Morgan fingerprint density at radius 1 is 0.578 bits per heavy atom. The third-order valence-corrected chi connectivity index (χ3v) is 20.9. The molecule has 0 aromatic carbocycles. The van der Waals surface area contributed by atoms with Crippen molar-refractivity contribution in [2.75, 3.05) is 0 Å². The van der Waals surface area contributed by atoms with Crippen LogP contribution in [0, 0.1) is 81.8 Å². The number of ether oxygens (including phenoxy) is 1. The van der Waals surface area contributed by atoms with Crippen molar-refractivity contribution in [1.29, 1.82) is 0 Å². The number of hydrogen-bond acceptors (Lipinski definition) is 2. The summed E-state index contributed by atoms with van der Waals surface area (Å²) in [5.41, 5.74) is 11.1. The Morgan fingerprint density at radius 3 is 2.27 bits per heavy atom. The third kappa shape index (κ3) is 5.42. The van der Waals surface area contributed by atoms with Crippen LogP contribution in [0.15, 0.2) is 167 Å². The zero-order chi connectivity index (χ0) is 42.0. The van der Waals surface area contributed by atoms with Gasteiger partial charge in [-0.2, -0.15) is 0 Å². The van der Waals surface area contributed by atoms with Gasteiger partial charge in [0, 0.05) is 40.1 Å². The highest BCUT2D eigenvalue weighted by atomic mass is 16.5. The van der Waals surface area contributed by atoms with E-state index in [1.54, 1.807) is 17.0 Å². The van der Waals surface area contributed by atoms with E-state index in [1.165, 1.54) is 83.5 Å². The molecule has 14 rings (SSSR count). The van der Waals surface area contributed by atoms with Crippen LogP contribution < -0.4 is 0 Å². The number of allylic oxidation sites excluding steroid dienone is 25. The summed E-state index contributed by atoms with van der Waals surface area (Å²) in [4.78, 5) is 3.13. The maximum Gasteiger partial charge on any atom is 0.0852 e. The van der Waals surface area contributed by atoms with Crippen LogP contribution in [0.5, 0.6) is 0 Å². The van der Waals surface area contributed by atoms with Gasteiger partial charge in [-0.1, -0.05) is 144 Å². The van der Waals surface area contributed by atoms with Gasteiger partial charge in [0.1, 0.15) is 0 Å². The van der Waals surface area contributed by atoms with Crippen molar-refractivity contribution in [2.24, 2.45) is 81.8 Å². The van der Waals surface area contributed by atoms with Crippen LogP contribution in [0.1, 0.15) is 109 Å². The summed E-state index contributed by atoms with van der Waals surface area (Å²) in [5, 5.41) is 0. The molecule has 330 valence electrons. The number of nitrogens with zero attached hydrogens (tertiary/aromatic N) is 1. The summed E-state index contributed by atoms with van der Waals surface area (Å²) < 4.78 is 7.08. The molecule has 2 nitrogen and oxygen atoms in total. The summed E-state index contributed by atoms with van der Waals surface area (Å²) in [7, 11) is 0. The minimum atomic E-state index is 0.0609. The Bertz CT molecular complexity index is 2360. The van der Waals surface area contributed by atoms with Gasteiger partial charge in [-0.05, 0) is 180 Å². The Hall–Kier alpha value is -3.88. The van der Waals surface area contributed by atoms with Crippen molar-refractivity contribution in [3.63, 3.8) is 0 Å². The summed E-state index contributed by atoms with van der Waals surface area (Å²) in [5.74, 6) is 7.26. The lowest BCUT2D eigenvalue weighted by molar-refractivity contribution is 0.0423. The molecular weight excluding hydrogens is 775 g/mol. The fourth-order valence-electron chi connectivity index (χ4n) is 19.1.